The third-order valence-electron chi connectivity index (χ3n) is 2.50. The van der Waals surface area contributed by atoms with Crippen molar-refractivity contribution in [2.45, 2.75) is 0 Å². The Labute approximate surface area is 133 Å². The lowest BCUT2D eigenvalue weighted by molar-refractivity contribution is -0.525. The van der Waals surface area contributed by atoms with Crippen molar-refractivity contribution < 1.29 is 39.1 Å². The van der Waals surface area contributed by atoms with Crippen LogP contribution in [-0.2, 0) is 0 Å². The van der Waals surface area contributed by atoms with E-state index in [-0.39, 0.29) is 10.0 Å². The van der Waals surface area contributed by atoms with E-state index in [0.717, 1.165) is 0 Å². The van der Waals surface area contributed by atoms with E-state index in [1.807, 2.05) is 0 Å². The summed E-state index contributed by atoms with van der Waals surface area (Å²) in [6.07, 6.45) is 0. The maximum Gasteiger partial charge on any atom is 0.362 e. The van der Waals surface area contributed by atoms with E-state index in [4.69, 9.17) is 10.2 Å². The fourth-order valence-corrected chi connectivity index (χ4v) is 1.49. The van der Waals surface area contributed by atoms with Gasteiger partial charge in [0.15, 0.2) is 10.1 Å². The van der Waals surface area contributed by atoms with Crippen LogP contribution in [0.25, 0.3) is 0 Å². The van der Waals surface area contributed by atoms with Crippen molar-refractivity contribution in [3.8, 4) is 0 Å². The molecule has 0 saturated heterocycles. The monoisotopic (exact) mass is 360 g/mol. The average molecular weight is 360 g/mol. The first-order valence-electron chi connectivity index (χ1n) is 5.69. The number of carboxylic acid groups (broad SMARTS) is 2. The highest BCUT2D eigenvalue weighted by molar-refractivity contribution is 5.91. The van der Waals surface area contributed by atoms with Crippen LogP contribution in [0.2, 0.25) is 0 Å². The molecular weight excluding hydrogens is 356 g/mol. The minimum absolute atomic E-state index is 0.122. The van der Waals surface area contributed by atoms with E-state index in [1.54, 1.807) is 0 Å². The number of hydrogen-bond donors (Lipinski definition) is 2. The quantitative estimate of drug-likeness (QED) is 0.309. The van der Waals surface area contributed by atoms with E-state index in [2.05, 4.69) is 29.9 Å². The first-order chi connectivity index (χ1) is 11.7. The van der Waals surface area contributed by atoms with Crippen LogP contribution in [0.1, 0.15) is 21.0 Å². The van der Waals surface area contributed by atoms with Gasteiger partial charge in [0.25, 0.3) is 11.6 Å². The molecule has 18 nitrogen and oxygen atoms in total. The van der Waals surface area contributed by atoms with Crippen molar-refractivity contribution in [2.24, 2.45) is 0 Å². The molecule has 2 heterocycles. The summed E-state index contributed by atoms with van der Waals surface area (Å²) in [5, 5.41) is 49.0. The lowest BCUT2D eigenvalue weighted by Crippen LogP contribution is -2.45. The maximum atomic E-state index is 11.1. The Morgan fingerprint density at radius 1 is 0.880 bits per heavy atom. The first kappa shape index (κ1) is 17.0. The van der Waals surface area contributed by atoms with Crippen molar-refractivity contribution in [2.75, 3.05) is 16.7 Å². The second-order valence-corrected chi connectivity index (χ2v) is 3.90. The largest absolute Gasteiger partial charge is 0.476 e. The summed E-state index contributed by atoms with van der Waals surface area (Å²) in [6, 6.07) is 0. The van der Waals surface area contributed by atoms with Crippen LogP contribution in [0.15, 0.2) is 9.26 Å². The number of nitro groups is 2. The van der Waals surface area contributed by atoms with Gasteiger partial charge in [0.05, 0.1) is 0 Å². The number of carboxylic acids is 2. The summed E-state index contributed by atoms with van der Waals surface area (Å²) in [6.45, 7) is -1.33. The van der Waals surface area contributed by atoms with Gasteiger partial charge in [0.1, 0.15) is 0 Å². The maximum absolute atomic E-state index is 11.1. The third-order valence-corrected chi connectivity index (χ3v) is 2.50. The summed E-state index contributed by atoms with van der Waals surface area (Å²) in [5.74, 6) is -5.47. The minimum Gasteiger partial charge on any atom is -0.476 e. The van der Waals surface area contributed by atoms with Crippen molar-refractivity contribution in [1.82, 2.24) is 20.6 Å². The molecule has 0 atom stereocenters. The number of hydrogen-bond acceptors (Lipinski definition) is 12. The SMILES string of the molecule is O=C(O)c1nonc1N(CN(c1nonc1C(=O)O)[N+](=O)[O-])[N+](=O)[O-]. The van der Waals surface area contributed by atoms with Gasteiger partial charge in [0.2, 0.25) is 18.1 Å². The van der Waals surface area contributed by atoms with Crippen LogP contribution in [0, 0.1) is 20.2 Å². The Morgan fingerprint density at radius 2 is 1.24 bits per heavy atom. The molecule has 0 aliphatic heterocycles. The molecular formula is C7H4N8O10. The third kappa shape index (κ3) is 3.20. The highest BCUT2D eigenvalue weighted by Gasteiger charge is 2.39. The summed E-state index contributed by atoms with van der Waals surface area (Å²) in [5.41, 5.74) is -2.01. The topological polar surface area (TPSA) is 245 Å². The van der Waals surface area contributed by atoms with Crippen LogP contribution in [0.3, 0.4) is 0 Å². The fraction of sp³-hybridized carbons (Fsp3) is 0.143. The van der Waals surface area contributed by atoms with Gasteiger partial charge in [-0.1, -0.05) is 0 Å². The van der Waals surface area contributed by atoms with E-state index in [9.17, 15) is 29.8 Å². The van der Waals surface area contributed by atoms with Crippen molar-refractivity contribution in [3.05, 3.63) is 31.6 Å². The number of carbonyl (C=O) groups is 2. The molecule has 18 heteroatoms. The smallest absolute Gasteiger partial charge is 0.362 e. The molecule has 0 bridgehead atoms. The molecule has 0 amide bonds. The number of hydrazine groups is 2. The normalized spacial score (nSPS) is 10.2. The second kappa shape index (κ2) is 6.39. The van der Waals surface area contributed by atoms with Gasteiger partial charge in [-0.25, -0.2) is 39.1 Å². The standard InChI is InChI=1S/C7H4N8O10/c16-6(17)2-4(10-24-8-2)12(14(20)21)1-13(15(22)23)5-3(7(18)19)9-25-11-5/h1H2,(H,16,17)(H,18,19). The van der Waals surface area contributed by atoms with Crippen molar-refractivity contribution in [1.29, 1.82) is 0 Å². The average Bonchev–Trinajstić information content (AvgIpc) is 3.15. The summed E-state index contributed by atoms with van der Waals surface area (Å²) in [4.78, 5) is 44.1. The van der Waals surface area contributed by atoms with Crippen LogP contribution in [-0.4, -0.2) is 59.5 Å². The van der Waals surface area contributed by atoms with Gasteiger partial charge in [-0.2, -0.15) is 0 Å². The van der Waals surface area contributed by atoms with E-state index >= 15 is 0 Å². The summed E-state index contributed by atoms with van der Waals surface area (Å²) < 4.78 is 8.15. The Bertz CT molecular complexity index is 774. The van der Waals surface area contributed by atoms with Gasteiger partial charge >= 0.3 is 11.9 Å². The zero-order valence-electron chi connectivity index (χ0n) is 11.4. The molecule has 2 N–H and O–H groups in total. The summed E-state index contributed by atoms with van der Waals surface area (Å²) >= 11 is 0. The molecule has 2 aromatic rings. The van der Waals surface area contributed by atoms with Crippen molar-refractivity contribution in [3.63, 3.8) is 0 Å². The molecule has 0 aliphatic carbocycles. The number of rotatable bonds is 8. The van der Waals surface area contributed by atoms with E-state index in [0.29, 0.717) is 0 Å². The molecule has 0 radical (unpaired) electrons. The Hall–Kier alpha value is -4.38. The molecule has 132 valence electrons. The van der Waals surface area contributed by atoms with Crippen LogP contribution in [0.4, 0.5) is 11.6 Å². The van der Waals surface area contributed by atoms with Crippen LogP contribution >= 0.6 is 0 Å². The van der Waals surface area contributed by atoms with Crippen LogP contribution in [0.5, 0.6) is 0 Å². The van der Waals surface area contributed by atoms with E-state index < -0.39 is 51.7 Å². The highest BCUT2D eigenvalue weighted by Crippen LogP contribution is 2.21. The second-order valence-electron chi connectivity index (χ2n) is 3.90. The molecule has 0 spiro atoms. The molecule has 0 saturated carbocycles. The summed E-state index contributed by atoms with van der Waals surface area (Å²) in [7, 11) is 0. The first-order valence-corrected chi connectivity index (χ1v) is 5.69. The fourth-order valence-electron chi connectivity index (χ4n) is 1.49. The van der Waals surface area contributed by atoms with E-state index in [1.165, 1.54) is 0 Å². The Kier molecular flexibility index (Phi) is 4.34. The number of aromatic carboxylic acids is 2. The Balaban J connectivity index is 2.45. The predicted octanol–water partition coefficient (Wildman–Crippen LogP) is -1.50. The zero-order chi connectivity index (χ0) is 18.7. The Morgan fingerprint density at radius 3 is 1.52 bits per heavy atom. The predicted molar refractivity (Wildman–Crippen MR) is 66.3 cm³/mol. The molecule has 0 aromatic carbocycles. The minimum atomic E-state index is -1.76. The molecule has 2 aromatic heterocycles. The van der Waals surface area contributed by atoms with Crippen LogP contribution < -0.4 is 10.0 Å². The lowest BCUT2D eigenvalue weighted by atomic mass is 10.4. The lowest BCUT2D eigenvalue weighted by Gasteiger charge is -2.15. The number of aromatic nitrogens is 4. The van der Waals surface area contributed by atoms with Gasteiger partial charge in [-0.3, -0.25) is 0 Å². The molecule has 0 aliphatic rings. The highest BCUT2D eigenvalue weighted by atomic mass is 16.7. The van der Waals surface area contributed by atoms with Gasteiger partial charge in [0, 0.05) is 0 Å². The molecule has 0 unspecified atom stereocenters. The number of nitrogens with zero attached hydrogens (tertiary/aromatic N) is 8. The van der Waals surface area contributed by atoms with Crippen molar-refractivity contribution >= 4 is 23.6 Å². The molecule has 25 heavy (non-hydrogen) atoms. The zero-order valence-corrected chi connectivity index (χ0v) is 11.4. The molecule has 0 fully saturated rings. The molecule has 2 rings (SSSR count). The van der Waals surface area contributed by atoms with Gasteiger partial charge in [-0.15, -0.1) is 0 Å². The van der Waals surface area contributed by atoms with Gasteiger partial charge in [-0.05, 0) is 30.6 Å². The van der Waals surface area contributed by atoms with Gasteiger partial charge < -0.3 is 10.2 Å². The number of anilines is 2.